The van der Waals surface area contributed by atoms with Gasteiger partial charge < -0.3 is 20.4 Å². The first-order chi connectivity index (χ1) is 11.6. The van der Waals surface area contributed by atoms with E-state index in [1.807, 2.05) is 0 Å². The maximum absolute atomic E-state index is 12.2. The second-order valence-electron chi connectivity index (χ2n) is 7.91. The molecule has 0 aromatic rings. The number of piperazine rings is 1. The summed E-state index contributed by atoms with van der Waals surface area (Å²) in [7, 11) is 0. The first kappa shape index (κ1) is 29.4. The lowest BCUT2D eigenvalue weighted by Gasteiger charge is -2.35. The number of carbonyl (C=O) groups is 1. The van der Waals surface area contributed by atoms with Crippen LogP contribution >= 0.6 is 37.2 Å². The summed E-state index contributed by atoms with van der Waals surface area (Å²) in [5.74, 6) is 1.98. The summed E-state index contributed by atoms with van der Waals surface area (Å²) in [6.45, 7) is 16.7. The third-order valence-electron chi connectivity index (χ3n) is 5.83. The molecule has 2 heterocycles. The van der Waals surface area contributed by atoms with Crippen molar-refractivity contribution in [3.8, 4) is 0 Å². The molecule has 8 heteroatoms. The van der Waals surface area contributed by atoms with Crippen LogP contribution in [0.4, 0.5) is 0 Å². The first-order valence-corrected chi connectivity index (χ1v) is 10.0. The van der Waals surface area contributed by atoms with Crippen LogP contribution in [0.2, 0.25) is 0 Å². The van der Waals surface area contributed by atoms with Crippen molar-refractivity contribution in [2.24, 2.45) is 17.8 Å². The Morgan fingerprint density at radius 2 is 1.59 bits per heavy atom. The number of nitrogens with one attached hydrogen (secondary N) is 2. The summed E-state index contributed by atoms with van der Waals surface area (Å²) in [6, 6.07) is 0. The molecule has 0 aromatic heterocycles. The highest BCUT2D eigenvalue weighted by Gasteiger charge is 2.22. The number of hydrogen-bond acceptors (Lipinski definition) is 4. The Labute approximate surface area is 185 Å². The Kier molecular flexibility index (Phi) is 17.5. The van der Waals surface area contributed by atoms with Crippen molar-refractivity contribution in [3.63, 3.8) is 0 Å². The monoisotopic (exact) mass is 446 g/mol. The van der Waals surface area contributed by atoms with Crippen LogP contribution in [0, 0.1) is 17.8 Å². The second kappa shape index (κ2) is 16.1. The number of hydrogen-bond donors (Lipinski definition) is 2. The van der Waals surface area contributed by atoms with Gasteiger partial charge in [-0.1, -0.05) is 20.8 Å². The van der Waals surface area contributed by atoms with Crippen LogP contribution in [0.3, 0.4) is 0 Å². The van der Waals surface area contributed by atoms with Crippen molar-refractivity contribution in [1.82, 2.24) is 20.4 Å². The molecular formula is C19H41Cl3N4O. The Morgan fingerprint density at radius 1 is 1.04 bits per heavy atom. The largest absolute Gasteiger partial charge is 0.356 e. The fraction of sp³-hybridized carbons (Fsp3) is 0.947. The van der Waals surface area contributed by atoms with Crippen LogP contribution in [0.25, 0.3) is 0 Å². The van der Waals surface area contributed by atoms with Gasteiger partial charge in [-0.25, -0.2) is 0 Å². The standard InChI is InChI=1S/C19H38N4O.3ClH/c1-4-22-9-11-23(12-10-22)15-16(2)14-21-19(24)13-17(3)18-5-7-20-8-6-18;;;/h16-18,20H,4-15H2,1-3H3,(H,21,24);3*1H. The molecule has 2 rings (SSSR count). The van der Waals surface area contributed by atoms with Gasteiger partial charge in [0.15, 0.2) is 0 Å². The zero-order valence-corrected chi connectivity index (χ0v) is 19.7. The molecule has 2 N–H and O–H groups in total. The Hall–Kier alpha value is 0.220. The lowest BCUT2D eigenvalue weighted by Crippen LogP contribution is -2.48. The van der Waals surface area contributed by atoms with Crippen molar-refractivity contribution >= 4 is 43.1 Å². The van der Waals surface area contributed by atoms with Gasteiger partial charge in [-0.2, -0.15) is 0 Å². The predicted molar refractivity (Wildman–Crippen MR) is 122 cm³/mol. The Balaban J connectivity index is 0. The van der Waals surface area contributed by atoms with Crippen LogP contribution in [-0.4, -0.2) is 74.6 Å². The Bertz CT molecular complexity index is 376. The maximum Gasteiger partial charge on any atom is 0.220 e. The predicted octanol–water partition coefficient (Wildman–Crippen LogP) is 2.67. The molecule has 2 atom stereocenters. The summed E-state index contributed by atoms with van der Waals surface area (Å²) in [5.41, 5.74) is 0. The molecule has 0 spiro atoms. The summed E-state index contributed by atoms with van der Waals surface area (Å²) < 4.78 is 0. The molecule has 2 unspecified atom stereocenters. The molecule has 0 aromatic carbocycles. The van der Waals surface area contributed by atoms with Gasteiger partial charge in [0.2, 0.25) is 5.91 Å². The second-order valence-corrected chi connectivity index (χ2v) is 7.91. The number of nitrogens with zero attached hydrogens (tertiary/aromatic N) is 2. The maximum atomic E-state index is 12.2. The van der Waals surface area contributed by atoms with E-state index in [2.05, 4.69) is 41.2 Å². The van der Waals surface area contributed by atoms with E-state index in [0.29, 0.717) is 24.2 Å². The van der Waals surface area contributed by atoms with E-state index in [4.69, 9.17) is 0 Å². The minimum Gasteiger partial charge on any atom is -0.356 e. The highest BCUT2D eigenvalue weighted by Crippen LogP contribution is 2.24. The van der Waals surface area contributed by atoms with Crippen LogP contribution in [0.5, 0.6) is 0 Å². The molecule has 0 bridgehead atoms. The molecular weight excluding hydrogens is 407 g/mol. The lowest BCUT2D eigenvalue weighted by atomic mass is 9.84. The zero-order chi connectivity index (χ0) is 17.4. The number of rotatable bonds is 8. The van der Waals surface area contributed by atoms with Gasteiger partial charge in [-0.05, 0) is 50.2 Å². The van der Waals surface area contributed by atoms with E-state index in [9.17, 15) is 4.79 Å². The third-order valence-corrected chi connectivity index (χ3v) is 5.83. The average molecular weight is 448 g/mol. The van der Waals surface area contributed by atoms with Gasteiger partial charge in [-0.15, -0.1) is 37.2 Å². The molecule has 2 saturated heterocycles. The molecule has 27 heavy (non-hydrogen) atoms. The molecule has 2 aliphatic rings. The van der Waals surface area contributed by atoms with E-state index in [0.717, 1.165) is 32.7 Å². The van der Waals surface area contributed by atoms with Crippen molar-refractivity contribution in [1.29, 1.82) is 0 Å². The van der Waals surface area contributed by atoms with Gasteiger partial charge in [0, 0.05) is 45.7 Å². The number of likely N-dealkylation sites (N-methyl/N-ethyl adjacent to an activating group) is 1. The van der Waals surface area contributed by atoms with Crippen LogP contribution in [-0.2, 0) is 4.79 Å². The van der Waals surface area contributed by atoms with Gasteiger partial charge in [0.25, 0.3) is 0 Å². The van der Waals surface area contributed by atoms with Crippen LogP contribution in [0.1, 0.15) is 40.0 Å². The van der Waals surface area contributed by atoms with E-state index < -0.39 is 0 Å². The SMILES string of the molecule is CCN1CCN(CC(C)CNC(=O)CC(C)C2CCNCC2)CC1.Cl.Cl.Cl. The fourth-order valence-electron chi connectivity index (χ4n) is 4.03. The molecule has 0 saturated carbocycles. The lowest BCUT2D eigenvalue weighted by molar-refractivity contribution is -0.122. The third kappa shape index (κ3) is 11.1. The number of halogens is 3. The van der Waals surface area contributed by atoms with E-state index in [1.165, 1.54) is 39.0 Å². The van der Waals surface area contributed by atoms with Gasteiger partial charge in [0.05, 0.1) is 0 Å². The number of amides is 1. The highest BCUT2D eigenvalue weighted by molar-refractivity contribution is 5.86. The summed E-state index contributed by atoms with van der Waals surface area (Å²) in [5, 5.41) is 6.57. The summed E-state index contributed by atoms with van der Waals surface area (Å²) in [6.07, 6.45) is 3.12. The van der Waals surface area contributed by atoms with E-state index >= 15 is 0 Å². The van der Waals surface area contributed by atoms with Gasteiger partial charge in [0.1, 0.15) is 0 Å². The fourth-order valence-corrected chi connectivity index (χ4v) is 4.03. The topological polar surface area (TPSA) is 47.6 Å². The summed E-state index contributed by atoms with van der Waals surface area (Å²) >= 11 is 0. The van der Waals surface area contributed by atoms with E-state index in [1.54, 1.807) is 0 Å². The quantitative estimate of drug-likeness (QED) is 0.600. The minimum absolute atomic E-state index is 0. The van der Waals surface area contributed by atoms with Gasteiger partial charge >= 0.3 is 0 Å². The summed E-state index contributed by atoms with van der Waals surface area (Å²) in [4.78, 5) is 17.3. The molecule has 0 aliphatic carbocycles. The van der Waals surface area contributed by atoms with Crippen molar-refractivity contribution in [2.75, 3.05) is 58.9 Å². The molecule has 0 radical (unpaired) electrons. The molecule has 2 aliphatic heterocycles. The molecule has 1 amide bonds. The normalized spacial score (nSPS) is 21.1. The molecule has 5 nitrogen and oxygen atoms in total. The zero-order valence-electron chi connectivity index (χ0n) is 17.2. The van der Waals surface area contributed by atoms with Crippen molar-refractivity contribution in [2.45, 2.75) is 40.0 Å². The van der Waals surface area contributed by atoms with Crippen LogP contribution < -0.4 is 10.6 Å². The smallest absolute Gasteiger partial charge is 0.220 e. The minimum atomic E-state index is 0. The van der Waals surface area contributed by atoms with Crippen molar-refractivity contribution in [3.05, 3.63) is 0 Å². The Morgan fingerprint density at radius 3 is 2.15 bits per heavy atom. The highest BCUT2D eigenvalue weighted by atomic mass is 35.5. The van der Waals surface area contributed by atoms with Crippen LogP contribution in [0.15, 0.2) is 0 Å². The van der Waals surface area contributed by atoms with Crippen molar-refractivity contribution < 1.29 is 4.79 Å². The van der Waals surface area contributed by atoms with Gasteiger partial charge in [-0.3, -0.25) is 4.79 Å². The molecule has 2 fully saturated rings. The number of carbonyl (C=O) groups excluding carboxylic acids is 1. The van der Waals surface area contributed by atoms with E-state index in [-0.39, 0.29) is 43.1 Å². The molecule has 164 valence electrons. The number of piperidine rings is 1. The first-order valence-electron chi connectivity index (χ1n) is 10.0. The average Bonchev–Trinajstić information content (AvgIpc) is 2.61.